The van der Waals surface area contributed by atoms with Crippen LogP contribution < -0.4 is 5.32 Å². The average molecular weight is 248 g/mol. The molecule has 0 aliphatic heterocycles. The van der Waals surface area contributed by atoms with Crippen molar-refractivity contribution >= 4 is 29.3 Å². The maximum atomic E-state index is 8.57. The highest BCUT2D eigenvalue weighted by molar-refractivity contribution is 7.99. The molecule has 0 fully saturated rings. The van der Waals surface area contributed by atoms with Crippen molar-refractivity contribution in [3.05, 3.63) is 17.4 Å². The molecule has 0 spiro atoms. The lowest BCUT2D eigenvalue weighted by Gasteiger charge is -2.03. The maximum Gasteiger partial charge on any atom is 0.222 e. The van der Waals surface area contributed by atoms with Crippen molar-refractivity contribution in [3.63, 3.8) is 0 Å². The predicted molar refractivity (Wildman–Crippen MR) is 64.6 cm³/mol. The van der Waals surface area contributed by atoms with E-state index in [1.165, 1.54) is 0 Å². The Bertz CT molecular complexity index is 271. The quantitative estimate of drug-likeness (QED) is 0.718. The first-order valence-electron chi connectivity index (χ1n) is 4.73. The number of hydrogen-bond acceptors (Lipinski definition) is 5. The standard InChI is InChI=1S/C9H14ClN3OS/c10-8-6-12-9(13-7-8)11-2-5-15-4-1-3-14/h6-7,14H,1-5H2,(H,11,12,13). The van der Waals surface area contributed by atoms with E-state index in [0.29, 0.717) is 11.0 Å². The van der Waals surface area contributed by atoms with Gasteiger partial charge in [0.2, 0.25) is 5.95 Å². The van der Waals surface area contributed by atoms with Gasteiger partial charge in [0.25, 0.3) is 0 Å². The van der Waals surface area contributed by atoms with Crippen LogP contribution in [0.25, 0.3) is 0 Å². The van der Waals surface area contributed by atoms with Crippen LogP contribution in [0.1, 0.15) is 6.42 Å². The number of hydrogen-bond donors (Lipinski definition) is 2. The van der Waals surface area contributed by atoms with E-state index in [0.717, 1.165) is 24.5 Å². The van der Waals surface area contributed by atoms with Crippen molar-refractivity contribution in [3.8, 4) is 0 Å². The summed E-state index contributed by atoms with van der Waals surface area (Å²) in [6, 6.07) is 0. The lowest BCUT2D eigenvalue weighted by atomic mass is 10.5. The molecule has 4 nitrogen and oxygen atoms in total. The molecule has 15 heavy (non-hydrogen) atoms. The van der Waals surface area contributed by atoms with Crippen molar-refractivity contribution in [2.45, 2.75) is 6.42 Å². The van der Waals surface area contributed by atoms with Gasteiger partial charge in [0, 0.05) is 18.9 Å². The minimum absolute atomic E-state index is 0.265. The average Bonchev–Trinajstić information content (AvgIpc) is 2.26. The Kier molecular flexibility index (Phi) is 6.47. The van der Waals surface area contributed by atoms with Gasteiger partial charge in [0.05, 0.1) is 17.4 Å². The Balaban J connectivity index is 2.07. The van der Waals surface area contributed by atoms with Crippen LogP contribution in [-0.2, 0) is 0 Å². The number of aliphatic hydroxyl groups is 1. The second-order valence-corrected chi connectivity index (χ2v) is 4.50. The summed E-state index contributed by atoms with van der Waals surface area (Å²) in [6.45, 7) is 1.08. The third-order valence-corrected chi connectivity index (χ3v) is 2.86. The zero-order valence-electron chi connectivity index (χ0n) is 8.32. The minimum Gasteiger partial charge on any atom is -0.396 e. The van der Waals surface area contributed by atoms with Crippen LogP contribution in [-0.4, -0.2) is 39.7 Å². The summed E-state index contributed by atoms with van der Waals surface area (Å²) in [5.41, 5.74) is 0. The first-order valence-corrected chi connectivity index (χ1v) is 6.26. The second-order valence-electron chi connectivity index (χ2n) is 2.84. The van der Waals surface area contributed by atoms with Gasteiger partial charge < -0.3 is 10.4 Å². The topological polar surface area (TPSA) is 58.0 Å². The molecule has 0 radical (unpaired) electrons. The van der Waals surface area contributed by atoms with Crippen LogP contribution in [0.2, 0.25) is 5.02 Å². The molecule has 1 aromatic rings. The Morgan fingerprint density at radius 1 is 1.33 bits per heavy atom. The largest absolute Gasteiger partial charge is 0.396 e. The lowest BCUT2D eigenvalue weighted by molar-refractivity contribution is 0.296. The summed E-state index contributed by atoms with van der Waals surface area (Å²) in [4.78, 5) is 8.02. The van der Waals surface area contributed by atoms with E-state index in [1.54, 1.807) is 24.2 Å². The number of aromatic nitrogens is 2. The second kappa shape index (κ2) is 7.73. The van der Waals surface area contributed by atoms with Gasteiger partial charge >= 0.3 is 0 Å². The fourth-order valence-electron chi connectivity index (χ4n) is 0.907. The van der Waals surface area contributed by atoms with Gasteiger partial charge in [-0.15, -0.1) is 0 Å². The molecular weight excluding hydrogens is 234 g/mol. The van der Waals surface area contributed by atoms with Gasteiger partial charge in [-0.2, -0.15) is 11.8 Å². The molecule has 1 heterocycles. The predicted octanol–water partition coefficient (Wildman–Crippen LogP) is 1.66. The fourth-order valence-corrected chi connectivity index (χ4v) is 1.79. The molecule has 84 valence electrons. The maximum absolute atomic E-state index is 8.57. The van der Waals surface area contributed by atoms with Crippen LogP contribution in [0.4, 0.5) is 5.95 Å². The zero-order valence-corrected chi connectivity index (χ0v) is 9.89. The van der Waals surface area contributed by atoms with Gasteiger partial charge in [-0.1, -0.05) is 11.6 Å². The first-order chi connectivity index (χ1) is 7.33. The molecule has 0 atom stereocenters. The summed E-state index contributed by atoms with van der Waals surface area (Å²) in [7, 11) is 0. The molecule has 0 amide bonds. The Hall–Kier alpha value is -0.520. The molecule has 0 bridgehead atoms. The van der Waals surface area contributed by atoms with Gasteiger partial charge in [0.15, 0.2) is 0 Å². The molecule has 0 aliphatic carbocycles. The Morgan fingerprint density at radius 3 is 2.73 bits per heavy atom. The van der Waals surface area contributed by atoms with Gasteiger partial charge in [-0.3, -0.25) is 0 Å². The highest BCUT2D eigenvalue weighted by Gasteiger charge is 1.94. The van der Waals surface area contributed by atoms with Crippen LogP contribution in [0.5, 0.6) is 0 Å². The third-order valence-electron chi connectivity index (χ3n) is 1.60. The van der Waals surface area contributed by atoms with Crippen molar-refractivity contribution in [2.24, 2.45) is 0 Å². The van der Waals surface area contributed by atoms with Crippen molar-refractivity contribution in [1.82, 2.24) is 9.97 Å². The van der Waals surface area contributed by atoms with Crippen molar-refractivity contribution in [2.75, 3.05) is 30.0 Å². The first kappa shape index (κ1) is 12.5. The highest BCUT2D eigenvalue weighted by atomic mass is 35.5. The van der Waals surface area contributed by atoms with Crippen molar-refractivity contribution < 1.29 is 5.11 Å². The molecule has 0 aliphatic rings. The summed E-state index contributed by atoms with van der Waals surface area (Å²) in [5, 5.41) is 12.2. The van der Waals surface area contributed by atoms with E-state index in [-0.39, 0.29) is 6.61 Å². The number of thioether (sulfide) groups is 1. The Labute approximate surface area is 98.5 Å². The molecule has 2 N–H and O–H groups in total. The highest BCUT2D eigenvalue weighted by Crippen LogP contribution is 2.06. The summed E-state index contributed by atoms with van der Waals surface area (Å²) in [5.74, 6) is 2.56. The molecule has 0 unspecified atom stereocenters. The fraction of sp³-hybridized carbons (Fsp3) is 0.556. The van der Waals surface area contributed by atoms with E-state index in [4.69, 9.17) is 16.7 Å². The molecule has 1 aromatic heterocycles. The number of nitrogens with zero attached hydrogens (tertiary/aromatic N) is 2. The third kappa shape index (κ3) is 5.81. The Morgan fingerprint density at radius 2 is 2.07 bits per heavy atom. The molecule has 6 heteroatoms. The van der Waals surface area contributed by atoms with Gasteiger partial charge in [0.1, 0.15) is 0 Å². The van der Waals surface area contributed by atoms with E-state index >= 15 is 0 Å². The normalized spacial score (nSPS) is 10.3. The van der Waals surface area contributed by atoms with E-state index in [2.05, 4.69) is 15.3 Å². The molecule has 0 saturated carbocycles. The number of rotatable bonds is 7. The van der Waals surface area contributed by atoms with Gasteiger partial charge in [-0.25, -0.2) is 9.97 Å². The van der Waals surface area contributed by atoms with Crippen LogP contribution in [0, 0.1) is 0 Å². The molecule has 0 aromatic carbocycles. The van der Waals surface area contributed by atoms with Crippen molar-refractivity contribution in [1.29, 1.82) is 0 Å². The number of aliphatic hydroxyl groups excluding tert-OH is 1. The summed E-state index contributed by atoms with van der Waals surface area (Å²) >= 11 is 7.45. The van der Waals surface area contributed by atoms with E-state index < -0.39 is 0 Å². The van der Waals surface area contributed by atoms with Crippen LogP contribution >= 0.6 is 23.4 Å². The van der Waals surface area contributed by atoms with E-state index in [9.17, 15) is 0 Å². The molecular formula is C9H14ClN3OS. The zero-order chi connectivity index (χ0) is 10.9. The molecule has 1 rings (SSSR count). The number of anilines is 1. The smallest absolute Gasteiger partial charge is 0.222 e. The summed E-state index contributed by atoms with van der Waals surface area (Å²) in [6.07, 6.45) is 3.98. The van der Waals surface area contributed by atoms with Crippen LogP contribution in [0.3, 0.4) is 0 Å². The minimum atomic E-state index is 0.265. The van der Waals surface area contributed by atoms with Gasteiger partial charge in [-0.05, 0) is 12.2 Å². The summed E-state index contributed by atoms with van der Waals surface area (Å²) < 4.78 is 0. The number of halogens is 1. The number of nitrogens with one attached hydrogen (secondary N) is 1. The molecule has 0 saturated heterocycles. The SMILES string of the molecule is OCCCSCCNc1ncc(Cl)cn1. The lowest BCUT2D eigenvalue weighted by Crippen LogP contribution is -2.07. The van der Waals surface area contributed by atoms with Crippen LogP contribution in [0.15, 0.2) is 12.4 Å². The van der Waals surface area contributed by atoms with E-state index in [1.807, 2.05) is 0 Å². The monoisotopic (exact) mass is 247 g/mol.